The van der Waals surface area contributed by atoms with Gasteiger partial charge in [0.1, 0.15) is 4.34 Å². The van der Waals surface area contributed by atoms with E-state index in [1.165, 1.54) is 11.3 Å². The maximum Gasteiger partial charge on any atom is 0.181 e. The predicted molar refractivity (Wildman–Crippen MR) is 47.6 cm³/mol. The highest BCUT2D eigenvalue weighted by Gasteiger charge is 1.98. The Kier molecular flexibility index (Phi) is 4.40. The highest BCUT2D eigenvalue weighted by Crippen LogP contribution is 2.24. The number of nitrogen functional groups attached to an aromatic ring is 1. The number of anilines is 1. The van der Waals surface area contributed by atoms with E-state index in [0.717, 1.165) is 5.69 Å². The van der Waals surface area contributed by atoms with E-state index < -0.39 is 0 Å². The van der Waals surface area contributed by atoms with Crippen LogP contribution in [0.3, 0.4) is 0 Å². The topological polar surface area (TPSA) is 38.9 Å². The summed E-state index contributed by atoms with van der Waals surface area (Å²) in [4.78, 5) is 3.88. The van der Waals surface area contributed by atoms with Crippen LogP contribution >= 0.6 is 22.9 Å². The molecule has 0 aliphatic carbocycles. The zero-order valence-corrected chi connectivity index (χ0v) is 7.88. The van der Waals surface area contributed by atoms with E-state index >= 15 is 0 Å². The van der Waals surface area contributed by atoms with Gasteiger partial charge in [0.2, 0.25) is 0 Å². The summed E-state index contributed by atoms with van der Waals surface area (Å²) in [6, 6.07) is 0. The Morgan fingerprint density at radius 1 is 1.50 bits per heavy atom. The molecule has 1 heterocycles. The van der Waals surface area contributed by atoms with Crippen molar-refractivity contribution < 1.29 is 0 Å². The number of aryl methyl sites for hydroxylation is 1. The lowest BCUT2D eigenvalue weighted by Gasteiger charge is -1.74. The second kappa shape index (κ2) is 4.52. The van der Waals surface area contributed by atoms with Gasteiger partial charge in [0.15, 0.2) is 5.13 Å². The zero-order chi connectivity index (χ0) is 8.15. The lowest BCUT2D eigenvalue weighted by atomic mass is 10.6. The lowest BCUT2D eigenvalue weighted by molar-refractivity contribution is 1.27. The number of hydrogen-bond donors (Lipinski definition) is 1. The van der Waals surface area contributed by atoms with Gasteiger partial charge in [0.25, 0.3) is 0 Å². The standard InChI is InChI=1S/C4H5ClN2S.C2H6/c1-2-3(5)8-4(6)7-2;1-2/h1H3,(H2,6,7);1-2H3. The third kappa shape index (κ3) is 2.54. The fourth-order valence-corrected chi connectivity index (χ4v) is 1.24. The van der Waals surface area contributed by atoms with E-state index in [1.54, 1.807) is 0 Å². The maximum absolute atomic E-state index is 5.61. The number of nitrogens with two attached hydrogens (primary N) is 1. The van der Waals surface area contributed by atoms with E-state index in [1.807, 2.05) is 20.8 Å². The minimum Gasteiger partial charge on any atom is -0.375 e. The molecule has 0 aromatic carbocycles. The van der Waals surface area contributed by atoms with Crippen molar-refractivity contribution in [3.63, 3.8) is 0 Å². The van der Waals surface area contributed by atoms with Gasteiger partial charge < -0.3 is 5.73 Å². The summed E-state index contributed by atoms with van der Waals surface area (Å²) in [5.41, 5.74) is 6.12. The van der Waals surface area contributed by atoms with Crippen molar-refractivity contribution in [2.45, 2.75) is 20.8 Å². The Morgan fingerprint density at radius 2 is 2.00 bits per heavy atom. The molecule has 1 aromatic rings. The van der Waals surface area contributed by atoms with Gasteiger partial charge >= 0.3 is 0 Å². The highest BCUT2D eigenvalue weighted by molar-refractivity contribution is 7.19. The molecular formula is C6H11ClN2S. The second-order valence-electron chi connectivity index (χ2n) is 1.41. The van der Waals surface area contributed by atoms with Crippen LogP contribution in [0.25, 0.3) is 0 Å². The lowest BCUT2D eigenvalue weighted by Crippen LogP contribution is -1.80. The Bertz CT molecular complexity index is 178. The molecule has 0 bridgehead atoms. The first kappa shape index (κ1) is 9.72. The van der Waals surface area contributed by atoms with Crippen LogP contribution in [-0.2, 0) is 0 Å². The molecule has 4 heteroatoms. The number of rotatable bonds is 0. The van der Waals surface area contributed by atoms with Gasteiger partial charge in [0.05, 0.1) is 5.69 Å². The van der Waals surface area contributed by atoms with Gasteiger partial charge in [-0.15, -0.1) is 0 Å². The first-order valence-corrected chi connectivity index (χ1v) is 4.28. The van der Waals surface area contributed by atoms with Gasteiger partial charge in [-0.25, -0.2) is 4.98 Å². The van der Waals surface area contributed by atoms with Crippen LogP contribution < -0.4 is 5.73 Å². The Morgan fingerprint density at radius 3 is 2.10 bits per heavy atom. The molecule has 0 amide bonds. The van der Waals surface area contributed by atoms with Gasteiger partial charge in [-0.05, 0) is 6.92 Å². The highest BCUT2D eigenvalue weighted by atomic mass is 35.5. The number of halogens is 1. The molecule has 2 N–H and O–H groups in total. The molecular weight excluding hydrogens is 168 g/mol. The van der Waals surface area contributed by atoms with E-state index in [-0.39, 0.29) is 0 Å². The molecule has 0 aliphatic heterocycles. The Labute approximate surface area is 70.0 Å². The summed E-state index contributed by atoms with van der Waals surface area (Å²) in [5.74, 6) is 0. The van der Waals surface area contributed by atoms with Crippen molar-refractivity contribution in [3.05, 3.63) is 10.0 Å². The van der Waals surface area contributed by atoms with E-state index in [0.29, 0.717) is 9.47 Å². The quantitative estimate of drug-likeness (QED) is 0.664. The molecule has 0 unspecified atom stereocenters. The fraction of sp³-hybridized carbons (Fsp3) is 0.500. The SMILES string of the molecule is CC.Cc1nc(N)sc1Cl. The van der Waals surface area contributed by atoms with E-state index in [4.69, 9.17) is 17.3 Å². The molecule has 0 spiro atoms. The summed E-state index contributed by atoms with van der Waals surface area (Å²) in [6.45, 7) is 5.83. The maximum atomic E-state index is 5.61. The van der Waals surface area contributed by atoms with Crippen molar-refractivity contribution in [1.82, 2.24) is 4.98 Å². The van der Waals surface area contributed by atoms with Crippen LogP contribution in [0.4, 0.5) is 5.13 Å². The number of nitrogens with zero attached hydrogens (tertiary/aromatic N) is 1. The van der Waals surface area contributed by atoms with Gasteiger partial charge in [-0.2, -0.15) is 0 Å². The monoisotopic (exact) mass is 178 g/mol. The van der Waals surface area contributed by atoms with Gasteiger partial charge in [-0.3, -0.25) is 0 Å². The first-order valence-electron chi connectivity index (χ1n) is 3.08. The van der Waals surface area contributed by atoms with Crippen molar-refractivity contribution in [3.8, 4) is 0 Å². The van der Waals surface area contributed by atoms with Crippen molar-refractivity contribution in [2.24, 2.45) is 0 Å². The summed E-state index contributed by atoms with van der Waals surface area (Å²) >= 11 is 6.91. The largest absolute Gasteiger partial charge is 0.375 e. The van der Waals surface area contributed by atoms with Crippen LogP contribution in [0.2, 0.25) is 4.34 Å². The average Bonchev–Trinajstić information content (AvgIpc) is 2.16. The summed E-state index contributed by atoms with van der Waals surface area (Å²) in [6.07, 6.45) is 0. The average molecular weight is 179 g/mol. The Hall–Kier alpha value is -0.280. The van der Waals surface area contributed by atoms with Crippen LogP contribution in [0.5, 0.6) is 0 Å². The van der Waals surface area contributed by atoms with Crippen LogP contribution in [0.15, 0.2) is 0 Å². The number of hydrogen-bond acceptors (Lipinski definition) is 3. The molecule has 0 fully saturated rings. The zero-order valence-electron chi connectivity index (χ0n) is 6.31. The number of thiazole rings is 1. The first-order chi connectivity index (χ1) is 4.70. The summed E-state index contributed by atoms with van der Waals surface area (Å²) < 4.78 is 0.683. The number of aromatic nitrogens is 1. The van der Waals surface area contributed by atoms with Crippen molar-refractivity contribution in [1.29, 1.82) is 0 Å². The molecule has 2 nitrogen and oxygen atoms in total. The van der Waals surface area contributed by atoms with Crippen LogP contribution in [0, 0.1) is 6.92 Å². The van der Waals surface area contributed by atoms with Gasteiger partial charge in [-0.1, -0.05) is 36.8 Å². The van der Waals surface area contributed by atoms with Crippen LogP contribution in [-0.4, -0.2) is 4.98 Å². The van der Waals surface area contributed by atoms with E-state index in [9.17, 15) is 0 Å². The molecule has 1 rings (SSSR count). The molecule has 0 saturated carbocycles. The fourth-order valence-electron chi connectivity index (χ4n) is 0.398. The molecule has 0 radical (unpaired) electrons. The molecule has 0 aliphatic rings. The molecule has 10 heavy (non-hydrogen) atoms. The van der Waals surface area contributed by atoms with Crippen LogP contribution in [0.1, 0.15) is 19.5 Å². The predicted octanol–water partition coefficient (Wildman–Crippen LogP) is 2.71. The summed E-state index contributed by atoms with van der Waals surface area (Å²) in [7, 11) is 0. The molecule has 0 saturated heterocycles. The second-order valence-corrected chi connectivity index (χ2v) is 3.04. The smallest absolute Gasteiger partial charge is 0.181 e. The minimum atomic E-state index is 0.535. The Balaban J connectivity index is 0.000000371. The van der Waals surface area contributed by atoms with E-state index in [2.05, 4.69) is 4.98 Å². The minimum absolute atomic E-state index is 0.535. The molecule has 58 valence electrons. The normalized spacial score (nSPS) is 8.40. The third-order valence-electron chi connectivity index (χ3n) is 0.757. The van der Waals surface area contributed by atoms with Crippen molar-refractivity contribution in [2.75, 3.05) is 5.73 Å². The van der Waals surface area contributed by atoms with Crippen molar-refractivity contribution >= 4 is 28.1 Å². The third-order valence-corrected chi connectivity index (χ3v) is 2.04. The molecule has 1 aromatic heterocycles. The summed E-state index contributed by atoms with van der Waals surface area (Å²) in [5, 5.41) is 0.535. The van der Waals surface area contributed by atoms with Gasteiger partial charge in [0, 0.05) is 0 Å². The molecule has 0 atom stereocenters.